The number of hydrogen-bond donors (Lipinski definition) is 0. The highest BCUT2D eigenvalue weighted by atomic mass is 15.0. The van der Waals surface area contributed by atoms with E-state index in [2.05, 4.69) is 175 Å². The monoisotopic (exact) mass is 755 g/mol. The minimum absolute atomic E-state index is 0.264. The lowest BCUT2D eigenvalue weighted by Crippen LogP contribution is -2.15. The van der Waals surface area contributed by atoms with Crippen LogP contribution in [0.2, 0.25) is 0 Å². The molecular formula is C54H37N5. The van der Waals surface area contributed by atoms with Crippen LogP contribution in [0.15, 0.2) is 188 Å². The Bertz CT molecular complexity index is 3390. The van der Waals surface area contributed by atoms with E-state index in [4.69, 9.17) is 15.0 Å². The van der Waals surface area contributed by atoms with Crippen molar-refractivity contribution in [2.45, 2.75) is 19.3 Å². The number of para-hydroxylation sites is 3. The zero-order chi connectivity index (χ0) is 39.2. The normalized spacial score (nSPS) is 13.1. The smallest absolute Gasteiger partial charge is 0.164 e. The van der Waals surface area contributed by atoms with Crippen LogP contribution in [-0.2, 0) is 5.41 Å². The maximum absolute atomic E-state index is 5.13. The summed E-state index contributed by atoms with van der Waals surface area (Å²) in [5.41, 5.74) is 14.8. The Morgan fingerprint density at radius 1 is 0.407 bits per heavy atom. The maximum Gasteiger partial charge on any atom is 0.164 e. The lowest BCUT2D eigenvalue weighted by molar-refractivity contribution is 0.667. The van der Waals surface area contributed by atoms with Crippen LogP contribution in [0, 0.1) is 0 Å². The standard InChI is InChI=1S/C54H37N5/c1-54(2)42-30-15-12-27-39(42)45-48(54)46-40-28-13-16-31-43(40)59(50(46)47-41-29-14-17-32-44(41)58(49(45)47)37-24-10-5-11-25-37)38-26-18-23-36(33-38)53-56-51(34-19-6-3-7-20-34)55-52(57-53)35-21-8-4-9-22-35/h3-33H,1-2H3. The topological polar surface area (TPSA) is 48.5 Å². The van der Waals surface area contributed by atoms with Gasteiger partial charge in [0.15, 0.2) is 17.5 Å². The first-order chi connectivity index (χ1) is 29.1. The molecule has 11 aromatic rings. The molecule has 0 spiro atoms. The summed E-state index contributed by atoms with van der Waals surface area (Å²) in [5, 5.41) is 4.99. The minimum Gasteiger partial charge on any atom is -0.309 e. The van der Waals surface area contributed by atoms with Crippen molar-refractivity contribution in [3.8, 4) is 56.7 Å². The molecule has 0 fully saturated rings. The summed E-state index contributed by atoms with van der Waals surface area (Å²) in [7, 11) is 0. The molecule has 3 aromatic heterocycles. The average molecular weight is 756 g/mol. The van der Waals surface area contributed by atoms with Gasteiger partial charge in [-0.25, -0.2) is 15.0 Å². The Morgan fingerprint density at radius 2 is 0.881 bits per heavy atom. The highest BCUT2D eigenvalue weighted by molar-refractivity contribution is 6.31. The molecule has 0 saturated carbocycles. The molecule has 1 aliphatic rings. The van der Waals surface area contributed by atoms with Crippen LogP contribution in [0.5, 0.6) is 0 Å². The Labute approximate surface area is 341 Å². The van der Waals surface area contributed by atoms with Gasteiger partial charge in [-0.1, -0.05) is 166 Å². The summed E-state index contributed by atoms with van der Waals surface area (Å²) >= 11 is 0. The van der Waals surface area contributed by atoms with Crippen LogP contribution in [0.3, 0.4) is 0 Å². The van der Waals surface area contributed by atoms with E-state index in [1.807, 2.05) is 36.4 Å². The van der Waals surface area contributed by atoms with Crippen molar-refractivity contribution in [1.29, 1.82) is 0 Å². The van der Waals surface area contributed by atoms with Crippen LogP contribution < -0.4 is 0 Å². The van der Waals surface area contributed by atoms with E-state index in [0.717, 1.165) is 33.6 Å². The Balaban J connectivity index is 1.22. The van der Waals surface area contributed by atoms with Gasteiger partial charge in [-0.2, -0.15) is 0 Å². The number of rotatable bonds is 5. The first-order valence-electron chi connectivity index (χ1n) is 20.2. The van der Waals surface area contributed by atoms with Crippen molar-refractivity contribution in [3.05, 3.63) is 199 Å². The van der Waals surface area contributed by atoms with Crippen LogP contribution in [-0.4, -0.2) is 24.1 Å². The molecule has 3 heterocycles. The van der Waals surface area contributed by atoms with Gasteiger partial charge in [0.05, 0.1) is 22.1 Å². The van der Waals surface area contributed by atoms with Crippen molar-refractivity contribution in [2.24, 2.45) is 0 Å². The van der Waals surface area contributed by atoms with Crippen molar-refractivity contribution >= 4 is 43.6 Å². The fourth-order valence-corrected chi connectivity index (χ4v) is 9.79. The Kier molecular flexibility index (Phi) is 7.20. The van der Waals surface area contributed by atoms with E-state index in [1.54, 1.807) is 0 Å². The summed E-state index contributed by atoms with van der Waals surface area (Å²) in [5.74, 6) is 1.91. The van der Waals surface area contributed by atoms with Gasteiger partial charge in [-0.05, 0) is 53.1 Å². The van der Waals surface area contributed by atoms with Gasteiger partial charge in [-0.15, -0.1) is 0 Å². The van der Waals surface area contributed by atoms with Gasteiger partial charge in [0, 0.05) is 60.6 Å². The summed E-state index contributed by atoms with van der Waals surface area (Å²) in [6.07, 6.45) is 0. The number of nitrogens with zero attached hydrogens (tertiary/aromatic N) is 5. The summed E-state index contributed by atoms with van der Waals surface area (Å²) < 4.78 is 5.00. The molecule has 0 aliphatic heterocycles. The van der Waals surface area contributed by atoms with Crippen LogP contribution in [0.4, 0.5) is 0 Å². The summed E-state index contributed by atoms with van der Waals surface area (Å²) in [6.45, 7) is 4.81. The van der Waals surface area contributed by atoms with E-state index in [0.29, 0.717) is 17.5 Å². The lowest BCUT2D eigenvalue weighted by Gasteiger charge is -2.23. The van der Waals surface area contributed by atoms with E-state index >= 15 is 0 Å². The van der Waals surface area contributed by atoms with Crippen LogP contribution >= 0.6 is 0 Å². The van der Waals surface area contributed by atoms with Crippen molar-refractivity contribution in [2.75, 3.05) is 0 Å². The lowest BCUT2D eigenvalue weighted by atomic mass is 9.80. The van der Waals surface area contributed by atoms with Crippen LogP contribution in [0.25, 0.3) is 100 Å². The number of fused-ring (bicyclic) bond motifs is 12. The fourth-order valence-electron chi connectivity index (χ4n) is 9.79. The van der Waals surface area contributed by atoms with E-state index in [-0.39, 0.29) is 5.41 Å². The molecule has 0 N–H and O–H groups in total. The summed E-state index contributed by atoms with van der Waals surface area (Å²) in [4.78, 5) is 15.2. The second-order valence-electron chi connectivity index (χ2n) is 16.0. The fraction of sp³-hybridized carbons (Fsp3) is 0.0556. The summed E-state index contributed by atoms with van der Waals surface area (Å²) in [6, 6.07) is 66.8. The highest BCUT2D eigenvalue weighted by Crippen LogP contribution is 2.58. The maximum atomic E-state index is 5.13. The zero-order valence-corrected chi connectivity index (χ0v) is 32.6. The Hall–Kier alpha value is -7.63. The third kappa shape index (κ3) is 4.88. The van der Waals surface area contributed by atoms with Gasteiger partial charge in [0.1, 0.15) is 0 Å². The van der Waals surface area contributed by atoms with Crippen molar-refractivity contribution in [1.82, 2.24) is 24.1 Å². The number of aromatic nitrogens is 5. The molecule has 0 bridgehead atoms. The predicted molar refractivity (Wildman–Crippen MR) is 242 cm³/mol. The number of hydrogen-bond acceptors (Lipinski definition) is 3. The quantitative estimate of drug-likeness (QED) is 0.176. The SMILES string of the molecule is CC1(C)c2ccccc2-c2c1c1c3ccccc3n(-c3cccc(-c4nc(-c5ccccc5)nc(-c5ccccc5)n4)c3)c1c1c3ccccc3n(-c3ccccc3)c21. The molecule has 0 saturated heterocycles. The minimum atomic E-state index is -0.264. The molecule has 0 atom stereocenters. The molecule has 5 heteroatoms. The largest absolute Gasteiger partial charge is 0.309 e. The van der Waals surface area contributed by atoms with E-state index in [1.165, 1.54) is 60.3 Å². The first-order valence-corrected chi connectivity index (χ1v) is 20.2. The van der Waals surface area contributed by atoms with Crippen molar-refractivity contribution < 1.29 is 0 Å². The van der Waals surface area contributed by atoms with Crippen LogP contribution in [0.1, 0.15) is 25.0 Å². The molecule has 8 aromatic carbocycles. The van der Waals surface area contributed by atoms with Gasteiger partial charge in [0.2, 0.25) is 0 Å². The van der Waals surface area contributed by atoms with E-state index < -0.39 is 0 Å². The molecule has 12 rings (SSSR count). The molecule has 0 amide bonds. The van der Waals surface area contributed by atoms with E-state index in [9.17, 15) is 0 Å². The van der Waals surface area contributed by atoms with Gasteiger partial charge >= 0.3 is 0 Å². The van der Waals surface area contributed by atoms with Crippen molar-refractivity contribution in [3.63, 3.8) is 0 Å². The number of benzene rings is 8. The van der Waals surface area contributed by atoms with Gasteiger partial charge < -0.3 is 9.13 Å². The average Bonchev–Trinajstić information content (AvgIpc) is 3.90. The van der Waals surface area contributed by atoms with Gasteiger partial charge in [0.25, 0.3) is 0 Å². The predicted octanol–water partition coefficient (Wildman–Crippen LogP) is 13.4. The molecule has 59 heavy (non-hydrogen) atoms. The molecule has 0 radical (unpaired) electrons. The highest BCUT2D eigenvalue weighted by Gasteiger charge is 2.41. The second-order valence-corrected chi connectivity index (χ2v) is 16.0. The molecule has 5 nitrogen and oxygen atoms in total. The third-order valence-electron chi connectivity index (χ3n) is 12.3. The third-order valence-corrected chi connectivity index (χ3v) is 12.3. The molecular weight excluding hydrogens is 719 g/mol. The Morgan fingerprint density at radius 3 is 1.53 bits per heavy atom. The second kappa shape index (κ2) is 12.7. The zero-order valence-electron chi connectivity index (χ0n) is 32.6. The molecule has 0 unspecified atom stereocenters. The van der Waals surface area contributed by atoms with Gasteiger partial charge in [-0.3, -0.25) is 0 Å². The molecule has 1 aliphatic carbocycles. The first kappa shape index (κ1) is 33.5. The molecule has 278 valence electrons.